The van der Waals surface area contributed by atoms with Gasteiger partial charge in [0.1, 0.15) is 0 Å². The number of rotatable bonds is 5. The third-order valence-corrected chi connectivity index (χ3v) is 5.79. The summed E-state index contributed by atoms with van der Waals surface area (Å²) < 4.78 is 1.68. The standard InChI is InChI=1S/C20H20N4OS/c1-13-6-10-18(11-7-13)24-20(21-22-23-24)26-14(2)19(25)17-9-8-15-4-3-5-16(15)12-17/h6-12,14H,3-5H2,1-2H3. The highest BCUT2D eigenvalue weighted by Crippen LogP contribution is 2.28. The zero-order valence-electron chi connectivity index (χ0n) is 14.8. The quantitative estimate of drug-likeness (QED) is 0.509. The number of fused-ring (bicyclic) bond motifs is 1. The third-order valence-electron chi connectivity index (χ3n) is 4.75. The topological polar surface area (TPSA) is 60.7 Å². The Hall–Kier alpha value is -2.47. The third kappa shape index (κ3) is 3.29. The Morgan fingerprint density at radius 3 is 2.69 bits per heavy atom. The summed E-state index contributed by atoms with van der Waals surface area (Å²) in [7, 11) is 0. The fourth-order valence-electron chi connectivity index (χ4n) is 3.27. The number of aryl methyl sites for hydroxylation is 3. The van der Waals surface area contributed by atoms with Crippen molar-refractivity contribution in [1.82, 2.24) is 20.2 Å². The van der Waals surface area contributed by atoms with Crippen LogP contribution in [0.1, 0.15) is 40.4 Å². The number of aromatic nitrogens is 4. The first-order chi connectivity index (χ1) is 12.6. The summed E-state index contributed by atoms with van der Waals surface area (Å²) in [6.45, 7) is 3.95. The molecule has 0 amide bonds. The van der Waals surface area contributed by atoms with Crippen LogP contribution in [0, 0.1) is 6.92 Å². The maximum Gasteiger partial charge on any atom is 0.214 e. The zero-order valence-corrected chi connectivity index (χ0v) is 15.7. The van der Waals surface area contributed by atoms with Crippen molar-refractivity contribution in [2.75, 3.05) is 0 Å². The molecule has 0 aliphatic heterocycles. The fraction of sp³-hybridized carbons (Fsp3) is 0.300. The molecule has 0 saturated carbocycles. The van der Waals surface area contributed by atoms with Crippen molar-refractivity contribution < 1.29 is 4.79 Å². The summed E-state index contributed by atoms with van der Waals surface area (Å²) in [6.07, 6.45) is 3.38. The molecule has 0 N–H and O–H groups in total. The smallest absolute Gasteiger partial charge is 0.214 e. The number of carbonyl (C=O) groups excluding carboxylic acids is 1. The molecule has 0 saturated heterocycles. The lowest BCUT2D eigenvalue weighted by Gasteiger charge is -2.11. The van der Waals surface area contributed by atoms with Crippen molar-refractivity contribution in [2.24, 2.45) is 0 Å². The van der Waals surface area contributed by atoms with E-state index in [0.29, 0.717) is 5.16 Å². The Labute approximate surface area is 156 Å². The molecule has 3 aromatic rings. The minimum Gasteiger partial charge on any atom is -0.293 e. The molecule has 1 atom stereocenters. The second-order valence-electron chi connectivity index (χ2n) is 6.67. The molecule has 0 fully saturated rings. The lowest BCUT2D eigenvalue weighted by Crippen LogP contribution is -2.15. The molecule has 5 nitrogen and oxygen atoms in total. The van der Waals surface area contributed by atoms with E-state index < -0.39 is 0 Å². The molecule has 0 spiro atoms. The van der Waals surface area contributed by atoms with Gasteiger partial charge in [0.05, 0.1) is 10.9 Å². The Balaban J connectivity index is 1.53. The maximum absolute atomic E-state index is 12.9. The van der Waals surface area contributed by atoms with Crippen molar-refractivity contribution in [3.8, 4) is 5.69 Å². The molecule has 1 aliphatic rings. The van der Waals surface area contributed by atoms with Crippen molar-refractivity contribution in [1.29, 1.82) is 0 Å². The van der Waals surface area contributed by atoms with Gasteiger partial charge in [0, 0.05) is 5.56 Å². The van der Waals surface area contributed by atoms with Crippen LogP contribution in [0.15, 0.2) is 47.6 Å². The number of benzene rings is 2. The normalized spacial score (nSPS) is 14.2. The average molecular weight is 364 g/mol. The Bertz CT molecular complexity index is 949. The van der Waals surface area contributed by atoms with Crippen LogP contribution in [0.5, 0.6) is 0 Å². The predicted octanol–water partition coefficient (Wildman–Crippen LogP) is 3.82. The number of ketones is 1. The van der Waals surface area contributed by atoms with Gasteiger partial charge in [-0.2, -0.15) is 4.68 Å². The molecule has 0 bridgehead atoms. The molecule has 1 aromatic heterocycles. The molecular weight excluding hydrogens is 344 g/mol. The van der Waals surface area contributed by atoms with Gasteiger partial charge in [0.25, 0.3) is 0 Å². The van der Waals surface area contributed by atoms with Crippen LogP contribution in [0.4, 0.5) is 0 Å². The summed E-state index contributed by atoms with van der Waals surface area (Å²) in [6, 6.07) is 14.1. The van der Waals surface area contributed by atoms with Gasteiger partial charge in [0.2, 0.25) is 5.16 Å². The van der Waals surface area contributed by atoms with Gasteiger partial charge in [-0.05, 0) is 72.9 Å². The summed E-state index contributed by atoms with van der Waals surface area (Å²) >= 11 is 1.39. The van der Waals surface area contributed by atoms with E-state index >= 15 is 0 Å². The minimum atomic E-state index is -0.260. The zero-order chi connectivity index (χ0) is 18.1. The van der Waals surface area contributed by atoms with Crippen molar-refractivity contribution >= 4 is 17.5 Å². The van der Waals surface area contributed by atoms with Gasteiger partial charge < -0.3 is 0 Å². The van der Waals surface area contributed by atoms with Gasteiger partial charge in [-0.1, -0.05) is 41.6 Å². The number of hydrogen-bond donors (Lipinski definition) is 0. The first kappa shape index (κ1) is 17.0. The number of hydrogen-bond acceptors (Lipinski definition) is 5. The van der Waals surface area contributed by atoms with E-state index in [1.165, 1.54) is 34.9 Å². The SMILES string of the molecule is Cc1ccc(-n2nnnc2SC(C)C(=O)c2ccc3c(c2)CCC3)cc1. The number of tetrazole rings is 1. The van der Waals surface area contributed by atoms with Gasteiger partial charge in [-0.15, -0.1) is 5.10 Å². The van der Waals surface area contributed by atoms with Gasteiger partial charge in [-0.25, -0.2) is 0 Å². The van der Waals surface area contributed by atoms with Gasteiger partial charge >= 0.3 is 0 Å². The van der Waals surface area contributed by atoms with Gasteiger partial charge in [0.15, 0.2) is 5.78 Å². The van der Waals surface area contributed by atoms with Crippen LogP contribution in [-0.2, 0) is 12.8 Å². The second-order valence-corrected chi connectivity index (χ2v) is 7.98. The first-order valence-electron chi connectivity index (χ1n) is 8.80. The summed E-state index contributed by atoms with van der Waals surface area (Å²) in [4.78, 5) is 12.9. The molecule has 1 heterocycles. The molecule has 6 heteroatoms. The van der Waals surface area contributed by atoms with Crippen LogP contribution in [-0.4, -0.2) is 31.2 Å². The molecule has 1 aliphatic carbocycles. The number of nitrogens with zero attached hydrogens (tertiary/aromatic N) is 4. The van der Waals surface area contributed by atoms with E-state index in [9.17, 15) is 4.79 Å². The number of thioether (sulfide) groups is 1. The van der Waals surface area contributed by atoms with Crippen LogP contribution in [0.2, 0.25) is 0 Å². The van der Waals surface area contributed by atoms with E-state index in [2.05, 4.69) is 27.7 Å². The Kier molecular flexibility index (Phi) is 4.59. The van der Waals surface area contributed by atoms with Crippen molar-refractivity contribution in [2.45, 2.75) is 43.5 Å². The van der Waals surface area contributed by atoms with Crippen LogP contribution >= 0.6 is 11.8 Å². The second kappa shape index (κ2) is 7.03. The molecule has 2 aromatic carbocycles. The summed E-state index contributed by atoms with van der Waals surface area (Å²) in [5, 5.41) is 12.3. The van der Waals surface area contributed by atoms with E-state index in [4.69, 9.17) is 0 Å². The van der Waals surface area contributed by atoms with Crippen LogP contribution in [0.3, 0.4) is 0 Å². The lowest BCUT2D eigenvalue weighted by molar-refractivity contribution is 0.0993. The van der Waals surface area contributed by atoms with Crippen molar-refractivity contribution in [3.05, 3.63) is 64.7 Å². The first-order valence-corrected chi connectivity index (χ1v) is 9.68. The highest BCUT2D eigenvalue weighted by molar-refractivity contribution is 8.00. The highest BCUT2D eigenvalue weighted by atomic mass is 32.2. The molecule has 4 rings (SSSR count). The average Bonchev–Trinajstić information content (AvgIpc) is 3.30. The highest BCUT2D eigenvalue weighted by Gasteiger charge is 2.22. The molecular formula is C20H20N4OS. The number of carbonyl (C=O) groups is 1. The predicted molar refractivity (Wildman–Crippen MR) is 102 cm³/mol. The van der Waals surface area contributed by atoms with Crippen LogP contribution < -0.4 is 0 Å². The van der Waals surface area contributed by atoms with E-state index in [-0.39, 0.29) is 11.0 Å². The van der Waals surface area contributed by atoms with E-state index in [0.717, 1.165) is 24.1 Å². The van der Waals surface area contributed by atoms with E-state index in [1.54, 1.807) is 4.68 Å². The Morgan fingerprint density at radius 2 is 1.88 bits per heavy atom. The fourth-order valence-corrected chi connectivity index (χ4v) is 4.16. The summed E-state index contributed by atoms with van der Waals surface area (Å²) in [5.41, 5.74) is 5.54. The van der Waals surface area contributed by atoms with Crippen LogP contribution in [0.25, 0.3) is 5.69 Å². The molecule has 0 radical (unpaired) electrons. The molecule has 1 unspecified atom stereocenters. The summed E-state index contributed by atoms with van der Waals surface area (Å²) in [5.74, 6) is 0.114. The van der Waals surface area contributed by atoms with Crippen molar-refractivity contribution in [3.63, 3.8) is 0 Å². The van der Waals surface area contributed by atoms with E-state index in [1.807, 2.05) is 44.2 Å². The molecule has 26 heavy (non-hydrogen) atoms. The lowest BCUT2D eigenvalue weighted by atomic mass is 10.0. The monoisotopic (exact) mass is 364 g/mol. The van der Waals surface area contributed by atoms with Gasteiger partial charge in [-0.3, -0.25) is 4.79 Å². The maximum atomic E-state index is 12.9. The largest absolute Gasteiger partial charge is 0.293 e. The molecule has 132 valence electrons. The Morgan fingerprint density at radius 1 is 1.12 bits per heavy atom. The minimum absolute atomic E-state index is 0.114. The number of Topliss-reactive ketones (excluding diaryl/α,β-unsaturated/α-hetero) is 1.